The first-order valence-corrected chi connectivity index (χ1v) is 22.7. The maximum atomic E-state index is 12.5. The highest BCUT2D eigenvalue weighted by Crippen LogP contribution is 2.48. The predicted molar refractivity (Wildman–Crippen MR) is 245 cm³/mol. The monoisotopic (exact) mass is 874 g/mol. The minimum absolute atomic E-state index is 0.0886. The Morgan fingerprint density at radius 1 is 0.825 bits per heavy atom. The Labute approximate surface area is 369 Å². The number of amides is 3. The minimum atomic E-state index is -4.41. The van der Waals surface area contributed by atoms with Crippen molar-refractivity contribution >= 4 is 50.6 Å². The highest BCUT2D eigenvalue weighted by atomic mass is 32.2. The van der Waals surface area contributed by atoms with E-state index in [1.165, 1.54) is 46.8 Å². The number of allylic oxidation sites excluding steroid dienone is 8. The lowest BCUT2D eigenvalue weighted by Gasteiger charge is -2.27. The van der Waals surface area contributed by atoms with Crippen molar-refractivity contribution in [3.8, 4) is 0 Å². The Morgan fingerprint density at radius 3 is 2.22 bits per heavy atom. The topological polar surface area (TPSA) is 170 Å². The van der Waals surface area contributed by atoms with Gasteiger partial charge in [0.1, 0.15) is 6.54 Å². The van der Waals surface area contributed by atoms with Crippen molar-refractivity contribution in [1.82, 2.24) is 10.2 Å². The number of rotatable bonds is 19. The third-order valence-electron chi connectivity index (χ3n) is 12.0. The van der Waals surface area contributed by atoms with Crippen LogP contribution in [0.4, 0.5) is 17.1 Å². The number of nitro groups is 1. The van der Waals surface area contributed by atoms with Crippen LogP contribution in [-0.2, 0) is 41.8 Å². The molecule has 3 aliphatic rings. The molecule has 0 spiro atoms. The summed E-state index contributed by atoms with van der Waals surface area (Å²) in [6.45, 7) is 12.4. The molecule has 3 aromatic rings. The molecule has 0 radical (unpaired) electrons. The van der Waals surface area contributed by atoms with Gasteiger partial charge >= 0.3 is 0 Å². The normalized spacial score (nSPS) is 17.3. The van der Waals surface area contributed by atoms with Crippen LogP contribution >= 0.6 is 0 Å². The van der Waals surface area contributed by atoms with Gasteiger partial charge in [-0.15, -0.1) is 0 Å². The molecule has 0 aromatic heterocycles. The van der Waals surface area contributed by atoms with Crippen molar-refractivity contribution in [3.63, 3.8) is 0 Å². The molecule has 0 fully saturated rings. The van der Waals surface area contributed by atoms with Gasteiger partial charge in [-0.3, -0.25) is 34.0 Å². The second kappa shape index (κ2) is 19.4. The van der Waals surface area contributed by atoms with Gasteiger partial charge in [-0.05, 0) is 81.9 Å². The summed E-state index contributed by atoms with van der Waals surface area (Å²) < 4.78 is 36.2. The molecule has 14 heteroatoms. The number of imide groups is 1. The number of aryl methyl sites for hydroxylation is 2. The average Bonchev–Trinajstić information content (AvgIpc) is 3.74. The Hall–Kier alpha value is -6.25. The summed E-state index contributed by atoms with van der Waals surface area (Å²) in [6.07, 6.45) is 20.6. The number of fused-ring (bicyclic) bond motifs is 2. The number of nitro benzene ring substituents is 1. The van der Waals surface area contributed by atoms with Crippen LogP contribution in [0.3, 0.4) is 0 Å². The van der Waals surface area contributed by atoms with Crippen LogP contribution in [0.15, 0.2) is 126 Å². The van der Waals surface area contributed by atoms with Crippen LogP contribution < -0.4 is 10.2 Å². The van der Waals surface area contributed by atoms with Crippen LogP contribution in [-0.4, -0.2) is 77.0 Å². The third-order valence-corrected chi connectivity index (χ3v) is 12.8. The van der Waals surface area contributed by atoms with Gasteiger partial charge in [0.25, 0.3) is 27.6 Å². The number of hydrogen-bond acceptors (Lipinski definition) is 8. The molecule has 0 saturated heterocycles. The van der Waals surface area contributed by atoms with Crippen LogP contribution in [0.1, 0.15) is 82.1 Å². The summed E-state index contributed by atoms with van der Waals surface area (Å²) in [5, 5.41) is 13.9. The minimum Gasteiger partial charge on any atom is -0.354 e. The molecule has 3 aromatic carbocycles. The molecule has 0 bridgehead atoms. The smallest absolute Gasteiger partial charge is 0.294 e. The van der Waals surface area contributed by atoms with Crippen molar-refractivity contribution < 1.29 is 36.9 Å². The van der Waals surface area contributed by atoms with Gasteiger partial charge < -0.3 is 10.2 Å². The molecule has 330 valence electrons. The fourth-order valence-electron chi connectivity index (χ4n) is 8.58. The van der Waals surface area contributed by atoms with E-state index in [1.807, 2.05) is 62.4 Å². The van der Waals surface area contributed by atoms with E-state index in [1.54, 1.807) is 18.2 Å². The van der Waals surface area contributed by atoms with E-state index in [0.29, 0.717) is 19.4 Å². The highest BCUT2D eigenvalue weighted by molar-refractivity contribution is 7.85. The van der Waals surface area contributed by atoms with Crippen LogP contribution in [0.2, 0.25) is 0 Å². The van der Waals surface area contributed by atoms with Gasteiger partial charge in [0.05, 0.1) is 15.2 Å². The molecule has 13 nitrogen and oxygen atoms in total. The highest BCUT2D eigenvalue weighted by Gasteiger charge is 2.45. The molecule has 0 saturated carbocycles. The number of benzene rings is 3. The fourth-order valence-corrected chi connectivity index (χ4v) is 9.08. The lowest BCUT2D eigenvalue weighted by atomic mass is 9.81. The van der Waals surface area contributed by atoms with Crippen molar-refractivity contribution in [1.29, 1.82) is 0 Å². The van der Waals surface area contributed by atoms with Gasteiger partial charge in [0.2, 0.25) is 11.6 Å². The van der Waals surface area contributed by atoms with Crippen molar-refractivity contribution in [3.05, 3.63) is 153 Å². The van der Waals surface area contributed by atoms with E-state index in [-0.39, 0.29) is 51.7 Å². The Balaban J connectivity index is 1.12. The summed E-state index contributed by atoms with van der Waals surface area (Å²) in [7, 11) is -4.41. The average molecular weight is 875 g/mol. The SMILES string of the molecule is Cc1ccc2c(c1)C(C)(C)C(=CC=CC=CC=CC1=[N+](CCCCCC(=O)NCCN3C(=O)C=CC3=O)c3ccc(S(=O)(=O)O)cc3C1(C)C)N2CCCc1ccc([N+](=O)[O-])cc1. The quantitative estimate of drug-likeness (QED) is 0.0230. The van der Waals surface area contributed by atoms with Crippen LogP contribution in [0.25, 0.3) is 0 Å². The van der Waals surface area contributed by atoms with Crippen molar-refractivity contribution in [2.24, 2.45) is 0 Å². The van der Waals surface area contributed by atoms with Crippen LogP contribution in [0, 0.1) is 17.0 Å². The first-order chi connectivity index (χ1) is 29.9. The number of nitrogens with zero attached hydrogens (tertiary/aromatic N) is 4. The lowest BCUT2D eigenvalue weighted by molar-refractivity contribution is -0.438. The third kappa shape index (κ3) is 10.7. The van der Waals surface area contributed by atoms with E-state index in [9.17, 15) is 37.5 Å². The number of non-ortho nitro benzene ring substituents is 1. The summed E-state index contributed by atoms with van der Waals surface area (Å²) in [6, 6.07) is 18.0. The van der Waals surface area contributed by atoms with Gasteiger partial charge in [-0.2, -0.15) is 13.0 Å². The zero-order valence-electron chi connectivity index (χ0n) is 36.5. The van der Waals surface area contributed by atoms with Crippen molar-refractivity contribution in [2.75, 3.05) is 31.1 Å². The Morgan fingerprint density at radius 2 is 1.52 bits per heavy atom. The molecule has 63 heavy (non-hydrogen) atoms. The van der Waals surface area contributed by atoms with Gasteiger partial charge in [-0.25, -0.2) is 0 Å². The summed E-state index contributed by atoms with van der Waals surface area (Å²) in [5.41, 5.74) is 7.76. The molecular formula is C49H56N5O8S+. The molecule has 3 heterocycles. The second-order valence-corrected chi connectivity index (χ2v) is 18.6. The summed E-state index contributed by atoms with van der Waals surface area (Å²) in [4.78, 5) is 50.0. The Bertz CT molecular complexity index is 2560. The van der Waals surface area contributed by atoms with E-state index in [2.05, 4.69) is 59.8 Å². The number of anilines is 1. The van der Waals surface area contributed by atoms with Gasteiger partial charge in [0, 0.05) is 91.3 Å². The fraction of sp³-hybridized carbons (Fsp3) is 0.347. The van der Waals surface area contributed by atoms with E-state index < -0.39 is 15.5 Å². The molecule has 2 N–H and O–H groups in total. The molecule has 6 rings (SSSR count). The van der Waals surface area contributed by atoms with E-state index >= 15 is 0 Å². The van der Waals surface area contributed by atoms with Crippen molar-refractivity contribution in [2.45, 2.75) is 88.9 Å². The maximum absolute atomic E-state index is 12.5. The molecule has 3 amide bonds. The summed E-state index contributed by atoms with van der Waals surface area (Å²) in [5.74, 6) is -0.915. The number of carbonyl (C=O) groups excluding carboxylic acids is 3. The first kappa shape index (κ1) is 46.3. The predicted octanol–water partition coefficient (Wildman–Crippen LogP) is 8.11. The number of nitrogens with one attached hydrogen (secondary N) is 1. The zero-order chi connectivity index (χ0) is 45.5. The number of carbonyl (C=O) groups is 3. The molecule has 0 atom stereocenters. The molecule has 0 aliphatic carbocycles. The second-order valence-electron chi connectivity index (χ2n) is 17.1. The summed E-state index contributed by atoms with van der Waals surface area (Å²) >= 11 is 0. The lowest BCUT2D eigenvalue weighted by Crippen LogP contribution is -2.38. The van der Waals surface area contributed by atoms with E-state index in [0.717, 1.165) is 59.7 Å². The maximum Gasteiger partial charge on any atom is 0.294 e. The zero-order valence-corrected chi connectivity index (χ0v) is 37.4. The van der Waals surface area contributed by atoms with Gasteiger partial charge in [-0.1, -0.05) is 74.1 Å². The van der Waals surface area contributed by atoms with E-state index in [4.69, 9.17) is 0 Å². The Kier molecular flexibility index (Phi) is 14.3. The van der Waals surface area contributed by atoms with Gasteiger partial charge in [0.15, 0.2) is 5.71 Å². The number of unbranched alkanes of at least 4 members (excludes halogenated alkanes) is 2. The largest absolute Gasteiger partial charge is 0.354 e. The molecular weight excluding hydrogens is 819 g/mol. The number of hydrogen-bond donors (Lipinski definition) is 2. The standard InChI is InChI=1S/C49H55N5O8S/c1-35-19-25-41-39(33-35)48(2,3)43(52(41)31-14-15-36-20-22-37(23-21-36)54(58)59)16-10-7-6-8-11-17-44-49(4,5)40-34-38(63(60,61)62)24-26-42(40)51(44)30-13-9-12-18-45(55)50-29-32-53-46(56)27-28-47(53)57/h6-8,10-11,16-17,19-28,33-34H,9,12-15,18,29-32H2,1-5H3,(H-,50,55,60,61,62)/p+1. The van der Waals surface area contributed by atoms with Crippen LogP contribution in [0.5, 0.6) is 0 Å². The molecule has 3 aliphatic heterocycles. The molecule has 0 unspecified atom stereocenters. The first-order valence-electron chi connectivity index (χ1n) is 21.3.